The van der Waals surface area contributed by atoms with E-state index in [0.29, 0.717) is 24.5 Å². The molecule has 29 heavy (non-hydrogen) atoms. The SMILES string of the molecule is CCOc1ccc(C2CCCN2C(=O)c2cccc(OCc3cscn3)c2)cc1. The number of benzene rings is 2. The number of aromatic nitrogens is 1. The number of ether oxygens (including phenoxy) is 2. The van der Waals surface area contributed by atoms with Crippen molar-refractivity contribution in [2.24, 2.45) is 0 Å². The van der Waals surface area contributed by atoms with Crippen LogP contribution in [0.15, 0.2) is 59.4 Å². The molecule has 1 atom stereocenters. The fourth-order valence-corrected chi connectivity index (χ4v) is 4.20. The molecule has 1 aromatic heterocycles. The Balaban J connectivity index is 1.47. The minimum Gasteiger partial charge on any atom is -0.494 e. The third kappa shape index (κ3) is 4.59. The van der Waals surface area contributed by atoms with E-state index in [-0.39, 0.29) is 11.9 Å². The van der Waals surface area contributed by atoms with Crippen molar-refractivity contribution in [2.45, 2.75) is 32.4 Å². The van der Waals surface area contributed by atoms with E-state index in [1.54, 1.807) is 16.8 Å². The number of nitrogens with zero attached hydrogens (tertiary/aromatic N) is 2. The molecule has 0 N–H and O–H groups in total. The van der Waals surface area contributed by atoms with E-state index in [2.05, 4.69) is 17.1 Å². The van der Waals surface area contributed by atoms with Crippen molar-refractivity contribution in [1.82, 2.24) is 9.88 Å². The van der Waals surface area contributed by atoms with Gasteiger partial charge in [-0.1, -0.05) is 18.2 Å². The van der Waals surface area contributed by atoms with Gasteiger partial charge >= 0.3 is 0 Å². The van der Waals surface area contributed by atoms with Gasteiger partial charge in [-0.2, -0.15) is 0 Å². The first kappa shape index (κ1) is 19.5. The summed E-state index contributed by atoms with van der Waals surface area (Å²) in [4.78, 5) is 19.4. The van der Waals surface area contributed by atoms with Gasteiger partial charge in [0.05, 0.1) is 23.9 Å². The van der Waals surface area contributed by atoms with Gasteiger partial charge in [-0.3, -0.25) is 4.79 Å². The van der Waals surface area contributed by atoms with E-state index >= 15 is 0 Å². The zero-order valence-corrected chi connectivity index (χ0v) is 17.2. The number of thiazole rings is 1. The lowest BCUT2D eigenvalue weighted by atomic mass is 10.0. The second kappa shape index (κ2) is 9.09. The summed E-state index contributed by atoms with van der Waals surface area (Å²) in [6, 6.07) is 15.6. The molecule has 1 unspecified atom stereocenters. The lowest BCUT2D eigenvalue weighted by molar-refractivity contribution is 0.0735. The van der Waals surface area contributed by atoms with Gasteiger partial charge in [0.25, 0.3) is 5.91 Å². The molecule has 1 saturated heterocycles. The Hall–Kier alpha value is -2.86. The van der Waals surface area contributed by atoms with Crippen LogP contribution in [0.1, 0.15) is 47.4 Å². The fourth-order valence-electron chi connectivity index (χ4n) is 3.66. The van der Waals surface area contributed by atoms with Crippen LogP contribution in [-0.4, -0.2) is 28.9 Å². The van der Waals surface area contributed by atoms with E-state index in [0.717, 1.165) is 36.4 Å². The summed E-state index contributed by atoms with van der Waals surface area (Å²) in [6.07, 6.45) is 1.98. The highest BCUT2D eigenvalue weighted by Crippen LogP contribution is 2.34. The minimum atomic E-state index is 0.0421. The first-order valence-corrected chi connectivity index (χ1v) is 10.8. The molecular weight excluding hydrogens is 384 g/mol. The molecule has 1 aliphatic heterocycles. The fraction of sp³-hybridized carbons (Fsp3) is 0.304. The second-order valence-electron chi connectivity index (χ2n) is 6.95. The molecule has 0 saturated carbocycles. The highest BCUT2D eigenvalue weighted by molar-refractivity contribution is 7.07. The topological polar surface area (TPSA) is 51.7 Å². The van der Waals surface area contributed by atoms with Gasteiger partial charge < -0.3 is 14.4 Å². The molecule has 4 rings (SSSR count). The number of rotatable bonds is 7. The molecule has 150 valence electrons. The van der Waals surface area contributed by atoms with Gasteiger partial charge in [-0.25, -0.2) is 4.98 Å². The standard InChI is InChI=1S/C23H24N2O3S/c1-2-27-20-10-8-17(9-11-20)22-7-4-12-25(22)23(26)18-5-3-6-21(13-18)28-14-19-15-29-16-24-19/h3,5-6,8-11,13,15-16,22H,2,4,7,12,14H2,1H3. The van der Waals surface area contributed by atoms with Crippen LogP contribution in [0.2, 0.25) is 0 Å². The van der Waals surface area contributed by atoms with Crippen molar-refractivity contribution in [1.29, 1.82) is 0 Å². The smallest absolute Gasteiger partial charge is 0.254 e. The van der Waals surface area contributed by atoms with Gasteiger partial charge in [0.2, 0.25) is 0 Å². The maximum Gasteiger partial charge on any atom is 0.254 e. The van der Waals surface area contributed by atoms with Crippen molar-refractivity contribution in [3.05, 3.63) is 76.2 Å². The average molecular weight is 409 g/mol. The van der Waals surface area contributed by atoms with Crippen LogP contribution in [0.5, 0.6) is 11.5 Å². The van der Waals surface area contributed by atoms with Crippen LogP contribution < -0.4 is 9.47 Å². The van der Waals surface area contributed by atoms with Crippen LogP contribution in [0.4, 0.5) is 0 Å². The number of hydrogen-bond acceptors (Lipinski definition) is 5. The summed E-state index contributed by atoms with van der Waals surface area (Å²) in [7, 11) is 0. The Labute approximate surface area is 174 Å². The number of carbonyl (C=O) groups is 1. The molecule has 1 amide bonds. The summed E-state index contributed by atoms with van der Waals surface area (Å²) in [6.45, 7) is 3.79. The molecule has 2 heterocycles. The third-order valence-electron chi connectivity index (χ3n) is 5.04. The van der Waals surface area contributed by atoms with Crippen LogP contribution >= 0.6 is 11.3 Å². The highest BCUT2D eigenvalue weighted by atomic mass is 32.1. The Morgan fingerprint density at radius 3 is 2.79 bits per heavy atom. The zero-order valence-electron chi connectivity index (χ0n) is 16.4. The molecule has 1 aliphatic rings. The van der Waals surface area contributed by atoms with Crippen LogP contribution in [0.3, 0.4) is 0 Å². The summed E-state index contributed by atoms with van der Waals surface area (Å²) < 4.78 is 11.3. The van der Waals surface area contributed by atoms with Crippen LogP contribution in [-0.2, 0) is 6.61 Å². The van der Waals surface area contributed by atoms with Crippen molar-refractivity contribution in [3.63, 3.8) is 0 Å². The summed E-state index contributed by atoms with van der Waals surface area (Å²) in [5.74, 6) is 1.58. The second-order valence-corrected chi connectivity index (χ2v) is 7.67. The molecule has 6 heteroatoms. The largest absolute Gasteiger partial charge is 0.494 e. The molecule has 3 aromatic rings. The van der Waals surface area contributed by atoms with Crippen molar-refractivity contribution in [2.75, 3.05) is 13.2 Å². The van der Waals surface area contributed by atoms with E-state index in [1.807, 2.05) is 53.6 Å². The van der Waals surface area contributed by atoms with Crippen LogP contribution in [0, 0.1) is 0 Å². The minimum absolute atomic E-state index is 0.0421. The Morgan fingerprint density at radius 2 is 2.03 bits per heavy atom. The van der Waals surface area contributed by atoms with Crippen molar-refractivity contribution in [3.8, 4) is 11.5 Å². The number of carbonyl (C=O) groups excluding carboxylic acids is 1. The van der Waals surface area contributed by atoms with E-state index < -0.39 is 0 Å². The first-order chi connectivity index (χ1) is 14.2. The molecule has 0 bridgehead atoms. The maximum atomic E-state index is 13.2. The molecular formula is C23H24N2O3S. The maximum absolute atomic E-state index is 13.2. The van der Waals surface area contributed by atoms with Gasteiger partial charge in [-0.05, 0) is 55.7 Å². The molecule has 0 radical (unpaired) electrons. The van der Waals surface area contributed by atoms with Crippen molar-refractivity contribution < 1.29 is 14.3 Å². The molecule has 0 spiro atoms. The first-order valence-electron chi connectivity index (χ1n) is 9.88. The number of likely N-dealkylation sites (tertiary alicyclic amines) is 1. The van der Waals surface area contributed by atoms with Gasteiger partial charge in [0.15, 0.2) is 0 Å². The predicted octanol–water partition coefficient (Wildman–Crippen LogP) is 5.10. The Bertz CT molecular complexity index is 941. The molecule has 0 aliphatic carbocycles. The Morgan fingerprint density at radius 1 is 1.17 bits per heavy atom. The van der Waals surface area contributed by atoms with Gasteiger partial charge in [-0.15, -0.1) is 11.3 Å². The lowest BCUT2D eigenvalue weighted by Gasteiger charge is -2.25. The van der Waals surface area contributed by atoms with E-state index in [4.69, 9.17) is 9.47 Å². The summed E-state index contributed by atoms with van der Waals surface area (Å²) in [5, 5.41) is 1.96. The predicted molar refractivity (Wildman–Crippen MR) is 114 cm³/mol. The average Bonchev–Trinajstić information content (AvgIpc) is 3.45. The Kier molecular flexibility index (Phi) is 6.10. The highest BCUT2D eigenvalue weighted by Gasteiger charge is 2.30. The zero-order chi connectivity index (χ0) is 20.1. The molecule has 5 nitrogen and oxygen atoms in total. The van der Waals surface area contributed by atoms with Crippen molar-refractivity contribution >= 4 is 17.2 Å². The van der Waals surface area contributed by atoms with E-state index in [9.17, 15) is 4.79 Å². The van der Waals surface area contributed by atoms with Crippen LogP contribution in [0.25, 0.3) is 0 Å². The number of amides is 1. The molecule has 1 fully saturated rings. The van der Waals surface area contributed by atoms with Gasteiger partial charge in [0.1, 0.15) is 18.1 Å². The normalized spacial score (nSPS) is 16.0. The lowest BCUT2D eigenvalue weighted by Crippen LogP contribution is -2.30. The summed E-state index contributed by atoms with van der Waals surface area (Å²) in [5.41, 5.74) is 4.48. The van der Waals surface area contributed by atoms with Gasteiger partial charge in [0, 0.05) is 17.5 Å². The summed E-state index contributed by atoms with van der Waals surface area (Å²) >= 11 is 1.54. The third-order valence-corrected chi connectivity index (χ3v) is 5.68. The quantitative estimate of drug-likeness (QED) is 0.546. The monoisotopic (exact) mass is 408 g/mol. The number of hydrogen-bond donors (Lipinski definition) is 0. The molecule has 2 aromatic carbocycles. The van der Waals surface area contributed by atoms with E-state index in [1.165, 1.54) is 0 Å².